The number of hydrogen-bond acceptors (Lipinski definition) is 5. The van der Waals surface area contributed by atoms with Gasteiger partial charge in [-0.05, 0) is 66.3 Å². The van der Waals surface area contributed by atoms with Gasteiger partial charge in [0, 0.05) is 17.7 Å². The molecule has 1 aliphatic carbocycles. The Bertz CT molecular complexity index is 1220. The summed E-state index contributed by atoms with van der Waals surface area (Å²) in [6.07, 6.45) is 2.20. The summed E-state index contributed by atoms with van der Waals surface area (Å²) in [5, 5.41) is 7.24. The lowest BCUT2D eigenvalue weighted by Crippen LogP contribution is -2.26. The zero-order valence-electron chi connectivity index (χ0n) is 19.6. The second kappa shape index (κ2) is 9.64. The highest BCUT2D eigenvalue weighted by Crippen LogP contribution is 2.44. The first-order valence-corrected chi connectivity index (χ1v) is 11.9. The monoisotopic (exact) mass is 454 g/mol. The van der Waals surface area contributed by atoms with Crippen molar-refractivity contribution in [1.29, 1.82) is 0 Å². The molecule has 0 saturated heterocycles. The van der Waals surface area contributed by atoms with Gasteiger partial charge >= 0.3 is 0 Å². The summed E-state index contributed by atoms with van der Waals surface area (Å²) in [4.78, 5) is 13.7. The molecule has 0 unspecified atom stereocenters. The molecule has 0 radical (unpaired) electrons. The second-order valence-corrected chi connectivity index (χ2v) is 8.86. The third kappa shape index (κ3) is 4.38. The van der Waals surface area contributed by atoms with Crippen LogP contribution in [0.1, 0.15) is 49.3 Å². The molecule has 0 spiro atoms. The van der Waals surface area contributed by atoms with Gasteiger partial charge in [-0.2, -0.15) is 0 Å². The van der Waals surface area contributed by atoms with Crippen LogP contribution in [-0.4, -0.2) is 19.5 Å². The standard InChI is InChI=1S/C29H30N2O3/c1-3-15-34-22-13-11-19(12-14-22)29-28-26(30-24-9-4-5-10-25(24)31-29)17-21(18-27(28)32)20-7-6-8-23(16-20)33-2/h4-14,16,21,29-31H,3,15,17-18H2,1-2H3/t21-,29+/m0/s1. The summed E-state index contributed by atoms with van der Waals surface area (Å²) in [5.74, 6) is 1.93. The molecule has 0 saturated carbocycles. The molecule has 0 bridgehead atoms. The van der Waals surface area contributed by atoms with Crippen LogP contribution in [0.25, 0.3) is 0 Å². The maximum absolute atomic E-state index is 13.7. The first-order chi connectivity index (χ1) is 16.7. The highest BCUT2D eigenvalue weighted by atomic mass is 16.5. The van der Waals surface area contributed by atoms with E-state index in [0.717, 1.165) is 58.1 Å². The van der Waals surface area contributed by atoms with Gasteiger partial charge in [0.25, 0.3) is 0 Å². The minimum Gasteiger partial charge on any atom is -0.497 e. The van der Waals surface area contributed by atoms with Gasteiger partial charge in [-0.3, -0.25) is 4.79 Å². The number of carbonyl (C=O) groups is 1. The van der Waals surface area contributed by atoms with E-state index in [9.17, 15) is 4.79 Å². The number of fused-ring (bicyclic) bond motifs is 1. The van der Waals surface area contributed by atoms with Crippen LogP contribution in [-0.2, 0) is 4.79 Å². The molecule has 2 aliphatic rings. The first-order valence-electron chi connectivity index (χ1n) is 11.9. The number of benzene rings is 3. The van der Waals surface area contributed by atoms with Crippen molar-refractivity contribution in [3.8, 4) is 11.5 Å². The number of para-hydroxylation sites is 2. The van der Waals surface area contributed by atoms with E-state index < -0.39 is 0 Å². The molecule has 5 rings (SSSR count). The van der Waals surface area contributed by atoms with E-state index in [-0.39, 0.29) is 17.7 Å². The molecule has 3 aromatic rings. The lowest BCUT2D eigenvalue weighted by molar-refractivity contribution is -0.116. The summed E-state index contributed by atoms with van der Waals surface area (Å²) in [5.41, 5.74) is 5.94. The van der Waals surface area contributed by atoms with Crippen LogP contribution in [0, 0.1) is 0 Å². The van der Waals surface area contributed by atoms with E-state index in [1.165, 1.54) is 0 Å². The van der Waals surface area contributed by atoms with E-state index in [0.29, 0.717) is 13.0 Å². The number of rotatable bonds is 6. The summed E-state index contributed by atoms with van der Waals surface area (Å²) in [6.45, 7) is 2.79. The largest absolute Gasteiger partial charge is 0.497 e. The Morgan fingerprint density at radius 3 is 2.44 bits per heavy atom. The number of nitrogens with one attached hydrogen (secondary N) is 2. The minimum absolute atomic E-state index is 0.101. The number of Topliss-reactive ketones (excluding diaryl/α,β-unsaturated/α-hetero) is 1. The molecule has 1 heterocycles. The van der Waals surface area contributed by atoms with Crippen LogP contribution in [0.5, 0.6) is 11.5 Å². The normalized spacial score (nSPS) is 19.3. The Morgan fingerprint density at radius 2 is 1.68 bits per heavy atom. The number of ketones is 1. The second-order valence-electron chi connectivity index (χ2n) is 8.86. The number of methoxy groups -OCH3 is 1. The van der Waals surface area contributed by atoms with E-state index >= 15 is 0 Å². The molecular weight excluding hydrogens is 424 g/mol. The average Bonchev–Trinajstić information content (AvgIpc) is 3.04. The predicted molar refractivity (Wildman–Crippen MR) is 136 cm³/mol. The lowest BCUT2D eigenvalue weighted by Gasteiger charge is -2.30. The fourth-order valence-corrected chi connectivity index (χ4v) is 4.85. The van der Waals surface area contributed by atoms with Crippen molar-refractivity contribution < 1.29 is 14.3 Å². The maximum atomic E-state index is 13.7. The van der Waals surface area contributed by atoms with Crippen LogP contribution < -0.4 is 20.1 Å². The summed E-state index contributed by atoms with van der Waals surface area (Å²) in [6, 6.07) is 24.0. The van der Waals surface area contributed by atoms with Crippen molar-refractivity contribution >= 4 is 17.2 Å². The predicted octanol–water partition coefficient (Wildman–Crippen LogP) is 6.46. The lowest BCUT2D eigenvalue weighted by atomic mass is 9.78. The highest BCUT2D eigenvalue weighted by molar-refractivity contribution is 6.01. The van der Waals surface area contributed by atoms with Gasteiger partial charge in [-0.1, -0.05) is 43.3 Å². The molecule has 2 atom stereocenters. The molecule has 0 fully saturated rings. The molecule has 0 amide bonds. The molecule has 2 N–H and O–H groups in total. The Morgan fingerprint density at radius 1 is 0.882 bits per heavy atom. The number of hydrogen-bond donors (Lipinski definition) is 2. The highest BCUT2D eigenvalue weighted by Gasteiger charge is 2.36. The van der Waals surface area contributed by atoms with Crippen LogP contribution in [0.2, 0.25) is 0 Å². The molecule has 174 valence electrons. The summed E-state index contributed by atoms with van der Waals surface area (Å²) in [7, 11) is 1.67. The number of carbonyl (C=O) groups excluding carboxylic acids is 1. The number of anilines is 2. The van der Waals surface area contributed by atoms with Crippen LogP contribution in [0.4, 0.5) is 11.4 Å². The Hall–Kier alpha value is -3.73. The first kappa shape index (κ1) is 22.1. The molecular formula is C29H30N2O3. The van der Waals surface area contributed by atoms with Crippen molar-refractivity contribution in [2.45, 2.75) is 38.1 Å². The molecule has 34 heavy (non-hydrogen) atoms. The zero-order chi connectivity index (χ0) is 23.5. The van der Waals surface area contributed by atoms with Crippen molar-refractivity contribution in [3.63, 3.8) is 0 Å². The summed E-state index contributed by atoms with van der Waals surface area (Å²) < 4.78 is 11.2. The van der Waals surface area contributed by atoms with Gasteiger partial charge in [-0.25, -0.2) is 0 Å². The summed E-state index contributed by atoms with van der Waals surface area (Å²) >= 11 is 0. The molecule has 5 heteroatoms. The molecule has 0 aromatic heterocycles. The van der Waals surface area contributed by atoms with E-state index in [1.54, 1.807) is 7.11 Å². The van der Waals surface area contributed by atoms with E-state index in [4.69, 9.17) is 9.47 Å². The van der Waals surface area contributed by atoms with Crippen molar-refractivity contribution in [2.24, 2.45) is 0 Å². The van der Waals surface area contributed by atoms with Crippen molar-refractivity contribution in [2.75, 3.05) is 24.4 Å². The topological polar surface area (TPSA) is 59.6 Å². The van der Waals surface area contributed by atoms with Gasteiger partial charge in [-0.15, -0.1) is 0 Å². The number of allylic oxidation sites excluding steroid dienone is 1. The van der Waals surface area contributed by atoms with E-state index in [2.05, 4.69) is 47.9 Å². The fraction of sp³-hybridized carbons (Fsp3) is 0.276. The quantitative estimate of drug-likeness (QED) is 0.447. The molecule has 1 aliphatic heterocycles. The minimum atomic E-state index is -0.231. The van der Waals surface area contributed by atoms with Gasteiger partial charge < -0.3 is 20.1 Å². The van der Waals surface area contributed by atoms with Crippen LogP contribution >= 0.6 is 0 Å². The van der Waals surface area contributed by atoms with Gasteiger partial charge in [0.1, 0.15) is 11.5 Å². The van der Waals surface area contributed by atoms with Gasteiger partial charge in [0.15, 0.2) is 5.78 Å². The van der Waals surface area contributed by atoms with Crippen LogP contribution in [0.15, 0.2) is 84.1 Å². The SMILES string of the molecule is CCCOc1ccc([C@H]2Nc3ccccc3NC3=C2C(=O)C[C@@H](c2cccc(OC)c2)C3)cc1. The van der Waals surface area contributed by atoms with Crippen molar-refractivity contribution in [1.82, 2.24) is 0 Å². The average molecular weight is 455 g/mol. The van der Waals surface area contributed by atoms with E-state index in [1.807, 2.05) is 42.5 Å². The number of ether oxygens (including phenoxy) is 2. The van der Waals surface area contributed by atoms with Gasteiger partial charge in [0.05, 0.1) is 31.1 Å². The molecule has 5 nitrogen and oxygen atoms in total. The fourth-order valence-electron chi connectivity index (χ4n) is 4.85. The third-order valence-electron chi connectivity index (χ3n) is 6.56. The zero-order valence-corrected chi connectivity index (χ0v) is 19.6. The Labute approximate surface area is 200 Å². The molecule has 3 aromatic carbocycles. The smallest absolute Gasteiger partial charge is 0.163 e. The Kier molecular flexibility index (Phi) is 6.26. The maximum Gasteiger partial charge on any atom is 0.163 e. The van der Waals surface area contributed by atoms with Gasteiger partial charge in [0.2, 0.25) is 0 Å². The Balaban J connectivity index is 1.53. The third-order valence-corrected chi connectivity index (χ3v) is 6.56. The van der Waals surface area contributed by atoms with Crippen LogP contribution in [0.3, 0.4) is 0 Å². The van der Waals surface area contributed by atoms with Crippen molar-refractivity contribution in [3.05, 3.63) is 95.2 Å².